The first kappa shape index (κ1) is 70.2. The summed E-state index contributed by atoms with van der Waals surface area (Å²) >= 11 is 0. The second-order valence-electron chi connectivity index (χ2n) is 15.2. The number of amides is 8. The molecule has 0 fully saturated rings. The van der Waals surface area contributed by atoms with Crippen molar-refractivity contribution < 1.29 is 84.0 Å². The summed E-state index contributed by atoms with van der Waals surface area (Å²) in [4.78, 5) is 110. The first-order valence-electron chi connectivity index (χ1n) is 22.0. The molecule has 0 aliphatic rings. The standard InChI is InChI=1S/C25H34N4O6.C24H34N4O5.B.Na.H/c1-5-17-26-20(30)11-14-25(15-12-21(31)27-18-6-2,16-13-22(32)28-19-7-3)29-23(33)9-8-10-24(34)35-4;1-4-16-25-20(30)10-13-24(14-11-21(31)26-17-5-2,15-12-22(32)27-18-6-3)28-23(33)9-7-8-19-29;;;/h1-3H,8-19H2,4H3,(H,26,30)(H,27,31)(H,28,32)(H,29,33);1-3,29H,7-19H2,(H,25,30)(H,26,31)(H,27,32)(H,28,33);;;/q;;;+1;-1. The molecular formula is C49H69BN8NaO11. The molecule has 19 nitrogen and oxygen atoms in total. The number of hydrogen-bond acceptors (Lipinski definition) is 11. The Bertz CT molecular complexity index is 1760. The molecule has 0 saturated carbocycles. The first-order chi connectivity index (χ1) is 32.5. The summed E-state index contributed by atoms with van der Waals surface area (Å²) in [7, 11) is 1.26. The fourth-order valence-corrected chi connectivity index (χ4v) is 6.28. The SMILES string of the molecule is C#CCNC(=O)CCC(CCC(=O)NCC#C)(CCC(=O)NCC#C)NC(=O)CCCC(=O)OC.C#CCNC(=O)CCC(CCC(=O)NCC#C)(CCC(=O)NCC#C)NC(=O)CCCCO.[B].[H-].[Na+]. The van der Waals surface area contributed by atoms with Gasteiger partial charge < -0.3 is 53.8 Å². The van der Waals surface area contributed by atoms with Gasteiger partial charge in [-0.25, -0.2) is 0 Å². The predicted molar refractivity (Wildman–Crippen MR) is 262 cm³/mol. The summed E-state index contributed by atoms with van der Waals surface area (Å²) < 4.78 is 4.58. The molecule has 375 valence electrons. The van der Waals surface area contributed by atoms with Gasteiger partial charge in [0.05, 0.1) is 46.4 Å². The third-order valence-electron chi connectivity index (χ3n) is 9.94. The fraction of sp³-hybridized carbons (Fsp3) is 0.571. The summed E-state index contributed by atoms with van der Waals surface area (Å²) in [6, 6.07) is 0. The van der Waals surface area contributed by atoms with Crippen molar-refractivity contribution in [2.24, 2.45) is 0 Å². The minimum absolute atomic E-state index is 0. The van der Waals surface area contributed by atoms with E-state index < -0.39 is 17.0 Å². The first-order valence-corrected chi connectivity index (χ1v) is 22.0. The molecular weight excluding hydrogens is 910 g/mol. The zero-order valence-corrected chi connectivity index (χ0v) is 42.7. The predicted octanol–water partition coefficient (Wildman–Crippen LogP) is -3.90. The van der Waals surface area contributed by atoms with Gasteiger partial charge in [-0.3, -0.25) is 43.2 Å². The largest absolute Gasteiger partial charge is 1.00 e. The molecule has 0 atom stereocenters. The van der Waals surface area contributed by atoms with Gasteiger partial charge in [-0.2, -0.15) is 0 Å². The topological polar surface area (TPSA) is 279 Å². The number of ether oxygens (including phenoxy) is 1. The average molecular weight is 980 g/mol. The van der Waals surface area contributed by atoms with Crippen LogP contribution < -0.4 is 72.1 Å². The number of esters is 1. The summed E-state index contributed by atoms with van der Waals surface area (Å²) in [6.07, 6.45) is 33.6. The quantitative estimate of drug-likeness (QED) is 0.0130. The Morgan fingerprint density at radius 3 is 0.871 bits per heavy atom. The number of aliphatic hydroxyl groups excluding tert-OH is 1. The van der Waals surface area contributed by atoms with E-state index in [1.807, 2.05) is 0 Å². The number of hydrogen-bond donors (Lipinski definition) is 9. The number of methoxy groups -OCH3 is 1. The van der Waals surface area contributed by atoms with Crippen LogP contribution in [-0.4, -0.2) is 131 Å². The Morgan fingerprint density at radius 1 is 0.414 bits per heavy atom. The van der Waals surface area contributed by atoms with E-state index in [2.05, 4.69) is 82.8 Å². The molecule has 21 heteroatoms. The van der Waals surface area contributed by atoms with Crippen molar-refractivity contribution in [3.8, 4) is 74.1 Å². The normalized spacial score (nSPS) is 9.77. The fourth-order valence-electron chi connectivity index (χ4n) is 6.28. The van der Waals surface area contributed by atoms with E-state index in [-0.39, 0.29) is 235 Å². The van der Waals surface area contributed by atoms with E-state index in [0.717, 1.165) is 0 Å². The molecule has 0 aliphatic heterocycles. The van der Waals surface area contributed by atoms with Crippen LogP contribution >= 0.6 is 0 Å². The number of nitrogens with one attached hydrogen (secondary N) is 8. The van der Waals surface area contributed by atoms with Crippen LogP contribution in [0.2, 0.25) is 0 Å². The Hall–Kier alpha value is -6.39. The van der Waals surface area contributed by atoms with E-state index in [1.165, 1.54) is 7.11 Å². The molecule has 0 aliphatic carbocycles. The monoisotopic (exact) mass is 980 g/mol. The number of carbonyl (C=O) groups excluding carboxylic acids is 9. The van der Waals surface area contributed by atoms with Gasteiger partial charge in [-0.05, 0) is 57.8 Å². The van der Waals surface area contributed by atoms with E-state index in [1.54, 1.807) is 0 Å². The zero-order chi connectivity index (χ0) is 51.5. The van der Waals surface area contributed by atoms with Gasteiger partial charge in [-0.1, -0.05) is 35.5 Å². The van der Waals surface area contributed by atoms with Crippen LogP contribution in [0.25, 0.3) is 0 Å². The van der Waals surface area contributed by atoms with Gasteiger partial charge in [0.25, 0.3) is 0 Å². The molecule has 8 amide bonds. The van der Waals surface area contributed by atoms with Crippen LogP contribution in [0.15, 0.2) is 0 Å². The molecule has 0 bridgehead atoms. The third kappa shape index (κ3) is 38.6. The van der Waals surface area contributed by atoms with Crippen molar-refractivity contribution in [2.45, 2.75) is 127 Å². The van der Waals surface area contributed by atoms with Gasteiger partial charge in [0.15, 0.2) is 0 Å². The van der Waals surface area contributed by atoms with Gasteiger partial charge >= 0.3 is 35.5 Å². The number of carbonyl (C=O) groups is 9. The molecule has 0 rings (SSSR count). The molecule has 0 aromatic carbocycles. The minimum atomic E-state index is -1.06. The van der Waals surface area contributed by atoms with E-state index in [0.29, 0.717) is 12.8 Å². The average Bonchev–Trinajstić information content (AvgIpc) is 3.33. The van der Waals surface area contributed by atoms with Crippen LogP contribution in [0.3, 0.4) is 0 Å². The van der Waals surface area contributed by atoms with Crippen LogP contribution in [0.4, 0.5) is 0 Å². The molecule has 0 heterocycles. The second-order valence-corrected chi connectivity index (χ2v) is 15.2. The van der Waals surface area contributed by atoms with Crippen molar-refractivity contribution in [3.63, 3.8) is 0 Å². The molecule has 0 spiro atoms. The van der Waals surface area contributed by atoms with Crippen LogP contribution in [0.5, 0.6) is 0 Å². The summed E-state index contributed by atoms with van der Waals surface area (Å²) in [5, 5.41) is 30.2. The summed E-state index contributed by atoms with van der Waals surface area (Å²) in [5.74, 6) is 10.8. The number of terminal acetylenes is 6. The van der Waals surface area contributed by atoms with Crippen molar-refractivity contribution in [1.82, 2.24) is 42.5 Å². The molecule has 9 N–H and O–H groups in total. The zero-order valence-electron chi connectivity index (χ0n) is 41.7. The van der Waals surface area contributed by atoms with Crippen molar-refractivity contribution in [3.05, 3.63) is 0 Å². The molecule has 0 aromatic rings. The van der Waals surface area contributed by atoms with Crippen LogP contribution in [0, 0.1) is 74.1 Å². The van der Waals surface area contributed by atoms with E-state index in [9.17, 15) is 43.2 Å². The maximum absolute atomic E-state index is 12.7. The van der Waals surface area contributed by atoms with Gasteiger partial charge in [0, 0.05) is 83.9 Å². The maximum atomic E-state index is 12.7. The number of aliphatic hydroxyl groups is 1. The van der Waals surface area contributed by atoms with Gasteiger partial charge in [0.1, 0.15) is 0 Å². The van der Waals surface area contributed by atoms with E-state index >= 15 is 0 Å². The van der Waals surface area contributed by atoms with Crippen LogP contribution in [0.1, 0.15) is 117 Å². The molecule has 0 unspecified atom stereocenters. The summed E-state index contributed by atoms with van der Waals surface area (Å²) in [6.45, 7) is 0.337. The summed E-state index contributed by atoms with van der Waals surface area (Å²) in [5.41, 5.74) is -2.05. The molecule has 70 heavy (non-hydrogen) atoms. The maximum Gasteiger partial charge on any atom is 1.00 e. The molecule has 0 aromatic heterocycles. The van der Waals surface area contributed by atoms with E-state index in [4.69, 9.17) is 43.6 Å². The van der Waals surface area contributed by atoms with Crippen molar-refractivity contribution >= 4 is 61.6 Å². The Balaban J connectivity index is -0.000000393. The molecule has 0 saturated heterocycles. The van der Waals surface area contributed by atoms with Gasteiger partial charge in [-0.15, -0.1) is 38.5 Å². The minimum Gasteiger partial charge on any atom is -1.00 e. The van der Waals surface area contributed by atoms with Crippen LogP contribution in [-0.2, 0) is 47.9 Å². The number of unbranched alkanes of at least 4 members (excludes halogenated alkanes) is 1. The van der Waals surface area contributed by atoms with Gasteiger partial charge in [0.2, 0.25) is 47.3 Å². The Morgan fingerprint density at radius 2 is 0.657 bits per heavy atom. The van der Waals surface area contributed by atoms with Crippen molar-refractivity contribution in [1.29, 1.82) is 0 Å². The Labute approximate surface area is 439 Å². The second kappa shape index (κ2) is 45.1. The molecule has 3 radical (unpaired) electrons. The Kier molecular flexibility index (Phi) is 45.2. The van der Waals surface area contributed by atoms with Crippen molar-refractivity contribution in [2.75, 3.05) is 53.0 Å². The number of rotatable bonds is 34. The third-order valence-corrected chi connectivity index (χ3v) is 9.94. The smallest absolute Gasteiger partial charge is 1.00 e.